The first-order chi connectivity index (χ1) is 27.7. The molecule has 0 saturated carbocycles. The van der Waals surface area contributed by atoms with Crippen molar-refractivity contribution in [1.82, 2.24) is 15.0 Å². The molecule has 0 amide bonds. The van der Waals surface area contributed by atoms with Gasteiger partial charge in [-0.05, 0) is 63.7 Å². The van der Waals surface area contributed by atoms with E-state index in [0.717, 1.165) is 49.8 Å². The lowest BCUT2D eigenvalue weighted by atomic mass is 9.98. The predicted molar refractivity (Wildman–Crippen MR) is 233 cm³/mol. The first-order valence-corrected chi connectivity index (χ1v) is 19.5. The lowest BCUT2D eigenvalue weighted by Crippen LogP contribution is -2.00. The summed E-state index contributed by atoms with van der Waals surface area (Å²) in [5.41, 5.74) is 11.5. The standard InChI is InChI=1S/C51H31N3OS/c1-3-10-32(11-4-1)33-18-22-36(23-19-33)49-52-50(54-51(53-49)39-27-28-42-41-14-7-8-16-44(41)55-45(42)30-39)37-24-20-34(21-25-37)38-26-29-43-47(31-38)56-46-17-9-15-40(48(43)46)35-12-5-2-6-13-35/h1-31H. The second kappa shape index (κ2) is 13.3. The van der Waals surface area contributed by atoms with Gasteiger partial charge in [0.15, 0.2) is 17.5 Å². The Morgan fingerprint density at radius 1 is 0.321 bits per heavy atom. The normalized spacial score (nSPS) is 11.6. The molecular formula is C51H31N3OS. The largest absolute Gasteiger partial charge is 0.456 e. The maximum atomic E-state index is 6.25. The first-order valence-electron chi connectivity index (χ1n) is 18.7. The molecule has 56 heavy (non-hydrogen) atoms. The van der Waals surface area contributed by atoms with Crippen LogP contribution in [0.1, 0.15) is 0 Å². The Hall–Kier alpha value is -7.21. The van der Waals surface area contributed by atoms with Crippen LogP contribution in [0.25, 0.3) is 110 Å². The van der Waals surface area contributed by atoms with Crippen molar-refractivity contribution in [3.63, 3.8) is 0 Å². The zero-order valence-electron chi connectivity index (χ0n) is 30.1. The fourth-order valence-electron chi connectivity index (χ4n) is 7.75. The lowest BCUT2D eigenvalue weighted by molar-refractivity contribution is 0.669. The highest BCUT2D eigenvalue weighted by molar-refractivity contribution is 7.26. The van der Waals surface area contributed by atoms with Gasteiger partial charge in [-0.3, -0.25) is 0 Å². The average Bonchev–Trinajstić information content (AvgIpc) is 3.85. The van der Waals surface area contributed by atoms with Gasteiger partial charge in [0.2, 0.25) is 0 Å². The fourth-order valence-corrected chi connectivity index (χ4v) is 8.92. The molecule has 11 aromatic rings. The van der Waals surface area contributed by atoms with E-state index in [1.165, 1.54) is 42.4 Å². The van der Waals surface area contributed by atoms with Crippen LogP contribution in [0.5, 0.6) is 0 Å². The molecule has 0 saturated heterocycles. The highest BCUT2D eigenvalue weighted by atomic mass is 32.1. The van der Waals surface area contributed by atoms with Crippen molar-refractivity contribution < 1.29 is 4.42 Å². The molecule has 3 heterocycles. The summed E-state index contributed by atoms with van der Waals surface area (Å²) in [6.07, 6.45) is 0. The lowest BCUT2D eigenvalue weighted by Gasteiger charge is -2.10. The molecule has 262 valence electrons. The van der Waals surface area contributed by atoms with Crippen molar-refractivity contribution in [1.29, 1.82) is 0 Å². The molecule has 0 bridgehead atoms. The molecule has 0 aliphatic carbocycles. The Bertz CT molecular complexity index is 3220. The quantitative estimate of drug-likeness (QED) is 0.171. The van der Waals surface area contributed by atoms with Crippen molar-refractivity contribution >= 4 is 53.4 Å². The van der Waals surface area contributed by atoms with E-state index in [9.17, 15) is 0 Å². The summed E-state index contributed by atoms with van der Waals surface area (Å²) in [6, 6.07) is 65.8. The smallest absolute Gasteiger partial charge is 0.164 e. The van der Waals surface area contributed by atoms with E-state index in [0.29, 0.717) is 17.5 Å². The van der Waals surface area contributed by atoms with Crippen LogP contribution in [-0.4, -0.2) is 15.0 Å². The highest BCUT2D eigenvalue weighted by Crippen LogP contribution is 2.42. The molecule has 0 fully saturated rings. The third kappa shape index (κ3) is 5.65. The van der Waals surface area contributed by atoms with Crippen LogP contribution in [0.15, 0.2) is 192 Å². The van der Waals surface area contributed by atoms with Gasteiger partial charge in [0, 0.05) is 47.6 Å². The van der Waals surface area contributed by atoms with E-state index in [-0.39, 0.29) is 0 Å². The molecule has 0 aliphatic heterocycles. The molecule has 3 aromatic heterocycles. The van der Waals surface area contributed by atoms with E-state index in [1.54, 1.807) is 0 Å². The Morgan fingerprint density at radius 3 is 1.55 bits per heavy atom. The molecule has 0 N–H and O–H groups in total. The van der Waals surface area contributed by atoms with Gasteiger partial charge in [-0.2, -0.15) is 0 Å². The maximum absolute atomic E-state index is 6.25. The summed E-state index contributed by atoms with van der Waals surface area (Å²) in [7, 11) is 0. The number of benzene rings is 8. The SMILES string of the molecule is c1ccc(-c2ccc(-c3nc(-c4ccc(-c5ccc6c(c5)sc5cccc(-c7ccccc7)c56)cc4)nc(-c4ccc5c(c4)oc4ccccc45)n3)cc2)cc1. The Kier molecular flexibility index (Phi) is 7.64. The highest BCUT2D eigenvalue weighted by Gasteiger charge is 2.16. The van der Waals surface area contributed by atoms with Gasteiger partial charge in [0.05, 0.1) is 0 Å². The van der Waals surface area contributed by atoms with Gasteiger partial charge in [-0.25, -0.2) is 15.0 Å². The van der Waals surface area contributed by atoms with Crippen LogP contribution in [0, 0.1) is 0 Å². The van der Waals surface area contributed by atoms with Gasteiger partial charge >= 0.3 is 0 Å². The summed E-state index contributed by atoms with van der Waals surface area (Å²) in [6.45, 7) is 0. The number of fused-ring (bicyclic) bond motifs is 6. The maximum Gasteiger partial charge on any atom is 0.164 e. The molecule has 0 aliphatic rings. The second-order valence-electron chi connectivity index (χ2n) is 14.0. The van der Waals surface area contributed by atoms with Crippen molar-refractivity contribution in [2.45, 2.75) is 0 Å². The summed E-state index contributed by atoms with van der Waals surface area (Å²) >= 11 is 1.85. The molecule has 8 aromatic carbocycles. The van der Waals surface area contributed by atoms with Crippen molar-refractivity contribution in [2.75, 3.05) is 0 Å². The number of aromatic nitrogens is 3. The number of hydrogen-bond donors (Lipinski definition) is 0. The van der Waals surface area contributed by atoms with Gasteiger partial charge in [0.25, 0.3) is 0 Å². The van der Waals surface area contributed by atoms with Crippen molar-refractivity contribution in [2.24, 2.45) is 0 Å². The zero-order valence-corrected chi connectivity index (χ0v) is 30.9. The van der Waals surface area contributed by atoms with Crippen LogP contribution in [0.4, 0.5) is 0 Å². The number of furan rings is 1. The molecule has 5 heteroatoms. The summed E-state index contributed by atoms with van der Waals surface area (Å²) in [4.78, 5) is 15.2. The van der Waals surface area contributed by atoms with E-state index in [2.05, 4.69) is 158 Å². The van der Waals surface area contributed by atoms with Crippen molar-refractivity contribution in [3.8, 4) is 67.5 Å². The van der Waals surface area contributed by atoms with Gasteiger partial charge < -0.3 is 4.42 Å². The predicted octanol–water partition coefficient (Wildman–Crippen LogP) is 14.1. The van der Waals surface area contributed by atoms with E-state index in [4.69, 9.17) is 19.4 Å². The fraction of sp³-hybridized carbons (Fsp3) is 0. The van der Waals surface area contributed by atoms with Gasteiger partial charge in [0.1, 0.15) is 11.2 Å². The molecule has 0 unspecified atom stereocenters. The number of thiophene rings is 1. The molecule has 0 spiro atoms. The molecular weight excluding hydrogens is 703 g/mol. The molecule has 0 atom stereocenters. The Labute approximate surface area is 327 Å². The third-order valence-electron chi connectivity index (χ3n) is 10.6. The Morgan fingerprint density at radius 2 is 0.839 bits per heavy atom. The summed E-state index contributed by atoms with van der Waals surface area (Å²) in [5, 5.41) is 4.76. The van der Waals surface area contributed by atoms with Gasteiger partial charge in [-0.15, -0.1) is 11.3 Å². The van der Waals surface area contributed by atoms with Crippen LogP contribution in [0.2, 0.25) is 0 Å². The van der Waals surface area contributed by atoms with Gasteiger partial charge in [-0.1, -0.05) is 158 Å². The van der Waals surface area contributed by atoms with E-state index < -0.39 is 0 Å². The Balaban J connectivity index is 0.981. The van der Waals surface area contributed by atoms with E-state index in [1.807, 2.05) is 41.7 Å². The second-order valence-corrected chi connectivity index (χ2v) is 15.1. The molecule has 4 nitrogen and oxygen atoms in total. The van der Waals surface area contributed by atoms with E-state index >= 15 is 0 Å². The average molecular weight is 734 g/mol. The number of hydrogen-bond acceptors (Lipinski definition) is 5. The van der Waals surface area contributed by atoms with Crippen LogP contribution < -0.4 is 0 Å². The number of nitrogens with zero attached hydrogens (tertiary/aromatic N) is 3. The van der Waals surface area contributed by atoms with Crippen LogP contribution >= 0.6 is 11.3 Å². The number of para-hydroxylation sites is 1. The third-order valence-corrected chi connectivity index (χ3v) is 11.7. The minimum absolute atomic E-state index is 0.591. The van der Waals surface area contributed by atoms with Crippen LogP contribution in [-0.2, 0) is 0 Å². The minimum Gasteiger partial charge on any atom is -0.456 e. The zero-order chi connectivity index (χ0) is 37.0. The number of rotatable bonds is 6. The first kappa shape index (κ1) is 32.2. The molecule has 11 rings (SSSR count). The monoisotopic (exact) mass is 733 g/mol. The van der Waals surface area contributed by atoms with Crippen LogP contribution in [0.3, 0.4) is 0 Å². The minimum atomic E-state index is 0.591. The van der Waals surface area contributed by atoms with Crippen molar-refractivity contribution in [3.05, 3.63) is 188 Å². The molecule has 0 radical (unpaired) electrons. The topological polar surface area (TPSA) is 51.8 Å². The summed E-state index contributed by atoms with van der Waals surface area (Å²) in [5.74, 6) is 1.82. The summed E-state index contributed by atoms with van der Waals surface area (Å²) < 4.78 is 8.82.